The molecule has 1 saturated heterocycles. The summed E-state index contributed by atoms with van der Waals surface area (Å²) in [5.41, 5.74) is 15.0. The van der Waals surface area contributed by atoms with Crippen LogP contribution in [0.5, 0.6) is 11.5 Å². The molecule has 0 saturated carbocycles. The molecule has 2 aliphatic heterocycles. The van der Waals surface area contributed by atoms with Crippen LogP contribution >= 0.6 is 23.4 Å². The number of halogens is 1. The van der Waals surface area contributed by atoms with Gasteiger partial charge in [0.2, 0.25) is 0 Å². The Morgan fingerprint density at radius 2 is 1.89 bits per heavy atom. The summed E-state index contributed by atoms with van der Waals surface area (Å²) in [5.74, 6) is 2.19. The number of pyridine rings is 1. The molecule has 0 bridgehead atoms. The van der Waals surface area contributed by atoms with Gasteiger partial charge in [-0.05, 0) is 60.9 Å². The zero-order valence-corrected chi connectivity index (χ0v) is 22.2. The van der Waals surface area contributed by atoms with Crippen molar-refractivity contribution in [2.24, 2.45) is 22.1 Å². The molecular weight excluding hydrogens is 498 g/mol. The molecule has 4 N–H and O–H groups in total. The fourth-order valence-electron chi connectivity index (χ4n) is 5.57. The fourth-order valence-corrected chi connectivity index (χ4v) is 6.74. The largest absolute Gasteiger partial charge is 0.493 e. The molecule has 36 heavy (non-hydrogen) atoms. The van der Waals surface area contributed by atoms with Gasteiger partial charge < -0.3 is 25.8 Å². The second-order valence-corrected chi connectivity index (χ2v) is 11.0. The van der Waals surface area contributed by atoms with E-state index in [2.05, 4.69) is 16.0 Å². The number of nitrogens with zero attached hydrogens (tertiary/aromatic N) is 3. The number of fused-ring (bicyclic) bond motifs is 1. The van der Waals surface area contributed by atoms with Gasteiger partial charge in [0.25, 0.3) is 0 Å². The Morgan fingerprint density at radius 3 is 2.58 bits per heavy atom. The molecule has 3 aliphatic rings. The Hall–Kier alpha value is -2.75. The summed E-state index contributed by atoms with van der Waals surface area (Å²) in [6.45, 7) is 3.52. The standard InChI is InChI=1S/C26H30ClN5O3S/c1-14-22(33)20(36-19-4-7-30-24(29)21(19)27)13-31-25(14)32-8-5-26(6-9-32)12-15-10-17(34-2)18(35-3)11-16(15)23(26)28/h4,7,10-11,13-14,23H,5-6,8-9,12,28H2,1-3H3,(H2,29,30)/t14-,23?/m1/s1. The van der Waals surface area contributed by atoms with Crippen LogP contribution in [0.25, 0.3) is 0 Å². The Morgan fingerprint density at radius 1 is 1.19 bits per heavy atom. The van der Waals surface area contributed by atoms with Crippen LogP contribution in [0, 0.1) is 11.3 Å². The van der Waals surface area contributed by atoms with Crippen LogP contribution < -0.4 is 20.9 Å². The molecule has 1 aliphatic carbocycles. The lowest BCUT2D eigenvalue weighted by Gasteiger charge is -2.44. The third kappa shape index (κ3) is 4.13. The van der Waals surface area contributed by atoms with E-state index >= 15 is 0 Å². The summed E-state index contributed by atoms with van der Waals surface area (Å²) in [4.78, 5) is 25.4. The quantitative estimate of drug-likeness (QED) is 0.607. The van der Waals surface area contributed by atoms with Crippen molar-refractivity contribution in [3.8, 4) is 11.5 Å². The molecular formula is C26H30ClN5O3S. The van der Waals surface area contributed by atoms with E-state index in [1.54, 1.807) is 32.7 Å². The van der Waals surface area contributed by atoms with E-state index in [0.717, 1.165) is 49.5 Å². The summed E-state index contributed by atoms with van der Waals surface area (Å²) in [5, 5.41) is 0.351. The summed E-state index contributed by atoms with van der Waals surface area (Å²) < 4.78 is 11.0. The van der Waals surface area contributed by atoms with E-state index in [0.29, 0.717) is 20.6 Å². The number of rotatable bonds is 4. The van der Waals surface area contributed by atoms with E-state index in [1.807, 2.05) is 13.0 Å². The number of piperidine rings is 1. The number of thioether (sulfide) groups is 1. The van der Waals surface area contributed by atoms with Gasteiger partial charge in [0.15, 0.2) is 17.3 Å². The van der Waals surface area contributed by atoms with E-state index in [9.17, 15) is 4.79 Å². The zero-order valence-electron chi connectivity index (χ0n) is 20.6. The molecule has 2 atom stereocenters. The van der Waals surface area contributed by atoms with Gasteiger partial charge in [-0.25, -0.2) is 9.98 Å². The van der Waals surface area contributed by atoms with Gasteiger partial charge in [-0.3, -0.25) is 4.79 Å². The predicted molar refractivity (Wildman–Crippen MR) is 143 cm³/mol. The normalized spacial score (nSPS) is 22.8. The summed E-state index contributed by atoms with van der Waals surface area (Å²) in [7, 11) is 3.30. The molecule has 10 heteroatoms. The van der Waals surface area contributed by atoms with Gasteiger partial charge in [-0.2, -0.15) is 0 Å². The molecule has 5 rings (SSSR count). The molecule has 2 aromatic rings. The molecule has 8 nitrogen and oxygen atoms in total. The highest BCUT2D eigenvalue weighted by molar-refractivity contribution is 8.04. The van der Waals surface area contributed by atoms with Crippen LogP contribution in [0.15, 0.2) is 45.4 Å². The molecule has 1 fully saturated rings. The minimum Gasteiger partial charge on any atom is -0.493 e. The second-order valence-electron chi connectivity index (χ2n) is 9.59. The zero-order chi connectivity index (χ0) is 25.6. The summed E-state index contributed by atoms with van der Waals surface area (Å²) in [6, 6.07) is 5.77. The molecule has 0 radical (unpaired) electrons. The number of anilines is 1. The number of amidine groups is 1. The molecule has 1 aromatic carbocycles. The van der Waals surface area contributed by atoms with Crippen molar-refractivity contribution in [2.45, 2.75) is 37.1 Å². The molecule has 0 amide bonds. The van der Waals surface area contributed by atoms with E-state index in [-0.39, 0.29) is 29.0 Å². The number of methoxy groups -OCH3 is 2. The first kappa shape index (κ1) is 24.9. The molecule has 190 valence electrons. The lowest BCUT2D eigenvalue weighted by Crippen LogP contribution is -2.49. The third-order valence-electron chi connectivity index (χ3n) is 7.70. The van der Waals surface area contributed by atoms with Crippen molar-refractivity contribution in [1.82, 2.24) is 9.88 Å². The van der Waals surface area contributed by atoms with Crippen LogP contribution in [0.4, 0.5) is 5.82 Å². The van der Waals surface area contributed by atoms with Crippen molar-refractivity contribution in [1.29, 1.82) is 0 Å². The number of Topliss-reactive ketones (excluding diaryl/α,β-unsaturated/α-hetero) is 1. The lowest BCUT2D eigenvalue weighted by atomic mass is 9.73. The van der Waals surface area contributed by atoms with Gasteiger partial charge in [0.05, 0.1) is 30.1 Å². The lowest BCUT2D eigenvalue weighted by molar-refractivity contribution is -0.116. The monoisotopic (exact) mass is 527 g/mol. The third-order valence-corrected chi connectivity index (χ3v) is 9.30. The first-order valence-corrected chi connectivity index (χ1v) is 13.1. The number of aliphatic imine (C=N–C) groups is 1. The average molecular weight is 528 g/mol. The highest BCUT2D eigenvalue weighted by atomic mass is 35.5. The van der Waals surface area contributed by atoms with Crippen LogP contribution in [-0.4, -0.2) is 48.8 Å². The van der Waals surface area contributed by atoms with E-state index < -0.39 is 0 Å². The molecule has 1 aromatic heterocycles. The van der Waals surface area contributed by atoms with Crippen LogP contribution in [0.2, 0.25) is 5.02 Å². The van der Waals surface area contributed by atoms with Crippen LogP contribution in [-0.2, 0) is 11.2 Å². The number of hydrogen-bond donors (Lipinski definition) is 2. The first-order valence-electron chi connectivity index (χ1n) is 11.9. The number of likely N-dealkylation sites (tertiary alicyclic amines) is 1. The van der Waals surface area contributed by atoms with Gasteiger partial charge in [-0.1, -0.05) is 23.4 Å². The fraction of sp³-hybridized carbons (Fsp3) is 0.423. The van der Waals surface area contributed by atoms with Crippen LogP contribution in [0.1, 0.15) is 36.9 Å². The van der Waals surface area contributed by atoms with Crippen molar-refractivity contribution in [3.63, 3.8) is 0 Å². The number of ether oxygens (including phenoxy) is 2. The van der Waals surface area contributed by atoms with Crippen molar-refractivity contribution in [2.75, 3.05) is 33.0 Å². The van der Waals surface area contributed by atoms with Gasteiger partial charge >= 0.3 is 0 Å². The number of carbonyl (C=O) groups is 1. The maximum absolute atomic E-state index is 13.2. The maximum Gasteiger partial charge on any atom is 0.181 e. The summed E-state index contributed by atoms with van der Waals surface area (Å²) >= 11 is 7.55. The topological polar surface area (TPSA) is 116 Å². The number of hydrogen-bond acceptors (Lipinski definition) is 9. The highest BCUT2D eigenvalue weighted by Gasteiger charge is 2.47. The number of nitrogen functional groups attached to an aromatic ring is 1. The Kier molecular flexibility index (Phi) is 6.65. The number of ketones is 1. The number of carbonyl (C=O) groups excluding carboxylic acids is 1. The van der Waals surface area contributed by atoms with Gasteiger partial charge in [0, 0.05) is 36.4 Å². The maximum atomic E-state index is 13.2. The molecule has 3 heterocycles. The van der Waals surface area contributed by atoms with E-state index in [4.69, 9.17) is 37.5 Å². The Labute approximate surface area is 220 Å². The Bertz CT molecular complexity index is 1270. The summed E-state index contributed by atoms with van der Waals surface area (Å²) in [6.07, 6.45) is 5.98. The van der Waals surface area contributed by atoms with Crippen LogP contribution in [0.3, 0.4) is 0 Å². The molecule has 1 spiro atoms. The SMILES string of the molecule is COc1cc2c(cc1OC)C(N)C1(CCN(C3=NC=C(Sc4ccnc(N)c4Cl)C(=O)[C@H]3C)CC1)C2. The smallest absolute Gasteiger partial charge is 0.181 e. The van der Waals surface area contributed by atoms with Crippen molar-refractivity contribution >= 4 is 40.8 Å². The Balaban J connectivity index is 1.31. The average Bonchev–Trinajstić information content (AvgIpc) is 3.14. The molecule has 1 unspecified atom stereocenters. The number of benzene rings is 1. The van der Waals surface area contributed by atoms with E-state index in [1.165, 1.54) is 17.3 Å². The van der Waals surface area contributed by atoms with Crippen molar-refractivity contribution < 1.29 is 14.3 Å². The number of aromatic nitrogens is 1. The van der Waals surface area contributed by atoms with Crippen molar-refractivity contribution in [3.05, 3.63) is 51.7 Å². The second kappa shape index (κ2) is 9.61. The first-order chi connectivity index (χ1) is 17.3. The minimum absolute atomic E-state index is 0.0203. The predicted octanol–water partition coefficient (Wildman–Crippen LogP) is 4.22. The highest BCUT2D eigenvalue weighted by Crippen LogP contribution is 2.53. The van der Waals surface area contributed by atoms with Gasteiger partial charge in [0.1, 0.15) is 11.7 Å². The minimum atomic E-state index is -0.340. The van der Waals surface area contributed by atoms with Gasteiger partial charge in [-0.15, -0.1) is 0 Å². The number of allylic oxidation sites excluding steroid dienone is 1. The number of nitrogens with two attached hydrogens (primary N) is 2.